The maximum Gasteiger partial charge on any atom is 0.243 e. The Bertz CT molecular complexity index is 546. The summed E-state index contributed by atoms with van der Waals surface area (Å²) in [5.41, 5.74) is 6.15. The van der Waals surface area contributed by atoms with Crippen molar-refractivity contribution in [2.24, 2.45) is 5.73 Å². The lowest BCUT2D eigenvalue weighted by Gasteiger charge is -2.20. The summed E-state index contributed by atoms with van der Waals surface area (Å²) in [4.78, 5) is 0.0741. The minimum atomic E-state index is -3.70. The normalized spacial score (nSPS) is 11.8. The fourth-order valence-corrected chi connectivity index (χ4v) is 3.32. The van der Waals surface area contributed by atoms with Crippen molar-refractivity contribution in [2.75, 3.05) is 19.7 Å². The van der Waals surface area contributed by atoms with Gasteiger partial charge in [-0.25, -0.2) is 8.42 Å². The van der Waals surface area contributed by atoms with Crippen LogP contribution in [-0.4, -0.2) is 37.5 Å². The molecule has 0 saturated carbocycles. The van der Waals surface area contributed by atoms with E-state index in [1.165, 1.54) is 18.2 Å². The summed E-state index contributed by atoms with van der Waals surface area (Å²) in [5, 5.41) is 9.24. The lowest BCUT2D eigenvalue weighted by molar-refractivity contribution is 0.260. The van der Waals surface area contributed by atoms with Crippen LogP contribution in [0.25, 0.3) is 0 Å². The van der Waals surface area contributed by atoms with Gasteiger partial charge >= 0.3 is 0 Å². The lowest BCUT2D eigenvalue weighted by Crippen LogP contribution is -2.33. The first-order valence-electron chi connectivity index (χ1n) is 5.67. The van der Waals surface area contributed by atoms with Gasteiger partial charge in [-0.3, -0.25) is 0 Å². The second kappa shape index (κ2) is 7.02. The Kier molecular flexibility index (Phi) is 5.96. The van der Waals surface area contributed by atoms with Crippen LogP contribution in [0, 0.1) is 0 Å². The van der Waals surface area contributed by atoms with Crippen LogP contribution in [0.3, 0.4) is 0 Å². The first kappa shape index (κ1) is 16.1. The van der Waals surface area contributed by atoms with Crippen molar-refractivity contribution >= 4 is 21.6 Å². The number of aliphatic hydroxyl groups excluding tert-OH is 1. The molecule has 1 aromatic rings. The van der Waals surface area contributed by atoms with E-state index in [9.17, 15) is 8.42 Å². The third-order valence-corrected chi connectivity index (χ3v) is 4.78. The third kappa shape index (κ3) is 3.77. The van der Waals surface area contributed by atoms with E-state index < -0.39 is 10.0 Å². The second-order valence-electron chi connectivity index (χ2n) is 3.83. The van der Waals surface area contributed by atoms with E-state index in [1.807, 2.05) is 0 Å². The first-order valence-corrected chi connectivity index (χ1v) is 7.49. The highest BCUT2D eigenvalue weighted by Gasteiger charge is 2.23. The third-order valence-electron chi connectivity index (χ3n) is 2.56. The largest absolute Gasteiger partial charge is 0.395 e. The highest BCUT2D eigenvalue weighted by molar-refractivity contribution is 7.89. The molecule has 0 atom stereocenters. The highest BCUT2D eigenvalue weighted by Crippen LogP contribution is 2.23. The topological polar surface area (TPSA) is 83.6 Å². The van der Waals surface area contributed by atoms with Gasteiger partial charge in [-0.1, -0.05) is 23.7 Å². The summed E-state index contributed by atoms with van der Waals surface area (Å²) in [7, 11) is -3.70. The number of sulfonamides is 1. The summed E-state index contributed by atoms with van der Waals surface area (Å²) >= 11 is 5.96. The van der Waals surface area contributed by atoms with Crippen molar-refractivity contribution in [2.45, 2.75) is 11.4 Å². The molecule has 0 radical (unpaired) electrons. The molecule has 0 heterocycles. The molecule has 0 saturated heterocycles. The number of hydrogen-bond donors (Lipinski definition) is 2. The summed E-state index contributed by atoms with van der Waals surface area (Å²) in [6, 6.07) is 4.41. The van der Waals surface area contributed by atoms with E-state index in [0.717, 1.165) is 4.31 Å². The average Bonchev–Trinajstić information content (AvgIpc) is 2.38. The molecule has 0 aliphatic carbocycles. The maximum absolute atomic E-state index is 12.3. The van der Waals surface area contributed by atoms with Gasteiger partial charge in [0.2, 0.25) is 10.0 Å². The van der Waals surface area contributed by atoms with Crippen molar-refractivity contribution in [1.29, 1.82) is 0 Å². The minimum Gasteiger partial charge on any atom is -0.395 e. The minimum absolute atomic E-state index is 0.00458. The number of rotatable bonds is 7. The van der Waals surface area contributed by atoms with Crippen LogP contribution in [0.1, 0.15) is 5.56 Å². The summed E-state index contributed by atoms with van der Waals surface area (Å²) < 4.78 is 25.8. The highest BCUT2D eigenvalue weighted by atomic mass is 35.5. The number of hydrogen-bond acceptors (Lipinski definition) is 4. The van der Waals surface area contributed by atoms with Crippen LogP contribution in [0.15, 0.2) is 35.7 Å². The number of benzene rings is 1. The zero-order chi connectivity index (χ0) is 14.5. The Labute approximate surface area is 118 Å². The van der Waals surface area contributed by atoms with Gasteiger partial charge in [-0.2, -0.15) is 4.31 Å². The molecule has 0 amide bonds. The van der Waals surface area contributed by atoms with Crippen molar-refractivity contribution in [3.63, 3.8) is 0 Å². The standard InChI is InChI=1S/C12H17ClN2O3S/c1-2-5-15(6-7-16)19(17,18)11-4-3-10(9-14)12(13)8-11/h2-4,8,16H,1,5-7,9,14H2. The summed E-state index contributed by atoms with van der Waals surface area (Å²) in [6.07, 6.45) is 1.46. The number of aliphatic hydroxyl groups is 1. The van der Waals surface area contributed by atoms with Gasteiger partial charge in [-0.05, 0) is 17.7 Å². The molecule has 0 aromatic heterocycles. The number of nitrogens with zero attached hydrogens (tertiary/aromatic N) is 1. The quantitative estimate of drug-likeness (QED) is 0.735. The average molecular weight is 305 g/mol. The van der Waals surface area contributed by atoms with Crippen LogP contribution >= 0.6 is 11.6 Å². The van der Waals surface area contributed by atoms with Gasteiger partial charge in [0.25, 0.3) is 0 Å². The van der Waals surface area contributed by atoms with Crippen LogP contribution in [0.4, 0.5) is 0 Å². The molecule has 7 heteroatoms. The molecular weight excluding hydrogens is 288 g/mol. The molecule has 3 N–H and O–H groups in total. The molecule has 0 aliphatic rings. The Balaban J connectivity index is 3.17. The maximum atomic E-state index is 12.3. The predicted molar refractivity (Wildman–Crippen MR) is 75.4 cm³/mol. The molecular formula is C12H17ClN2O3S. The molecule has 5 nitrogen and oxygen atoms in total. The fraction of sp³-hybridized carbons (Fsp3) is 0.333. The molecule has 0 aliphatic heterocycles. The van der Waals surface area contributed by atoms with E-state index in [-0.39, 0.29) is 31.1 Å². The SMILES string of the molecule is C=CCN(CCO)S(=O)(=O)c1ccc(CN)c(Cl)c1. The Morgan fingerprint density at radius 2 is 2.16 bits per heavy atom. The molecule has 1 aromatic carbocycles. The van der Waals surface area contributed by atoms with Gasteiger partial charge in [0.1, 0.15) is 0 Å². The van der Waals surface area contributed by atoms with Crippen LogP contribution in [0.5, 0.6) is 0 Å². The molecule has 1 rings (SSSR count). The number of nitrogens with two attached hydrogens (primary N) is 1. The predicted octanol–water partition coefficient (Wildman–Crippen LogP) is 0.968. The zero-order valence-corrected chi connectivity index (χ0v) is 12.0. The smallest absolute Gasteiger partial charge is 0.243 e. The Hall–Kier alpha value is -0.920. The molecule has 0 fully saturated rings. The Morgan fingerprint density at radius 3 is 2.63 bits per heavy atom. The van der Waals surface area contributed by atoms with Crippen LogP contribution in [0.2, 0.25) is 5.02 Å². The van der Waals surface area contributed by atoms with Gasteiger partial charge in [-0.15, -0.1) is 6.58 Å². The fourth-order valence-electron chi connectivity index (χ4n) is 1.57. The molecule has 19 heavy (non-hydrogen) atoms. The van der Waals surface area contributed by atoms with Crippen molar-refractivity contribution < 1.29 is 13.5 Å². The molecule has 106 valence electrons. The van der Waals surface area contributed by atoms with E-state index in [0.29, 0.717) is 10.6 Å². The molecule has 0 bridgehead atoms. The van der Waals surface area contributed by atoms with E-state index in [2.05, 4.69) is 6.58 Å². The second-order valence-corrected chi connectivity index (χ2v) is 6.18. The van der Waals surface area contributed by atoms with E-state index >= 15 is 0 Å². The van der Waals surface area contributed by atoms with Crippen molar-refractivity contribution in [3.05, 3.63) is 41.4 Å². The van der Waals surface area contributed by atoms with Crippen molar-refractivity contribution in [1.82, 2.24) is 4.31 Å². The molecule has 0 spiro atoms. The first-order chi connectivity index (χ1) is 8.97. The lowest BCUT2D eigenvalue weighted by atomic mass is 10.2. The monoisotopic (exact) mass is 304 g/mol. The zero-order valence-electron chi connectivity index (χ0n) is 10.4. The van der Waals surface area contributed by atoms with Gasteiger partial charge in [0.15, 0.2) is 0 Å². The van der Waals surface area contributed by atoms with Gasteiger partial charge in [0.05, 0.1) is 11.5 Å². The van der Waals surface area contributed by atoms with Crippen molar-refractivity contribution in [3.8, 4) is 0 Å². The van der Waals surface area contributed by atoms with Gasteiger partial charge < -0.3 is 10.8 Å². The van der Waals surface area contributed by atoms with E-state index in [4.69, 9.17) is 22.4 Å². The number of halogens is 1. The summed E-state index contributed by atoms with van der Waals surface area (Å²) in [5.74, 6) is 0. The van der Waals surface area contributed by atoms with Crippen LogP contribution in [-0.2, 0) is 16.6 Å². The van der Waals surface area contributed by atoms with Crippen LogP contribution < -0.4 is 5.73 Å². The van der Waals surface area contributed by atoms with E-state index in [1.54, 1.807) is 6.07 Å². The van der Waals surface area contributed by atoms with Gasteiger partial charge in [0, 0.05) is 24.7 Å². The molecule has 0 unspecified atom stereocenters. The summed E-state index contributed by atoms with van der Waals surface area (Å²) in [6.45, 7) is 3.61. The Morgan fingerprint density at radius 1 is 1.47 bits per heavy atom.